The summed E-state index contributed by atoms with van der Waals surface area (Å²) in [5.41, 5.74) is 4.46. The number of rotatable bonds is 4. The van der Waals surface area contributed by atoms with Crippen molar-refractivity contribution in [1.82, 2.24) is 15.6 Å². The van der Waals surface area contributed by atoms with E-state index >= 15 is 0 Å². The first kappa shape index (κ1) is 13.8. The molecule has 0 bridgehead atoms. The van der Waals surface area contributed by atoms with Crippen LogP contribution in [0.5, 0.6) is 0 Å². The van der Waals surface area contributed by atoms with Crippen LogP contribution in [0, 0.1) is 0 Å². The smallest absolute Gasteiger partial charge is 0.0346 e. The molecule has 2 aromatic rings. The minimum absolute atomic E-state index is 0.529. The van der Waals surface area contributed by atoms with Crippen LogP contribution >= 0.6 is 0 Å². The number of nitrogens with zero attached hydrogens (tertiary/aromatic N) is 1. The lowest BCUT2D eigenvalue weighted by Gasteiger charge is -2.25. The molecule has 1 aliphatic rings. The zero-order valence-electron chi connectivity index (χ0n) is 12.2. The Labute approximate surface area is 126 Å². The highest BCUT2D eigenvalue weighted by atomic mass is 15.0. The van der Waals surface area contributed by atoms with Crippen molar-refractivity contribution in [3.63, 3.8) is 0 Å². The molecule has 1 fully saturated rings. The summed E-state index contributed by atoms with van der Waals surface area (Å²) in [4.78, 5) is 4.18. The van der Waals surface area contributed by atoms with Gasteiger partial charge in [0.15, 0.2) is 0 Å². The molecule has 2 heterocycles. The molecule has 0 spiro atoms. The topological polar surface area (TPSA) is 37.0 Å². The molecule has 0 saturated carbocycles. The predicted molar refractivity (Wildman–Crippen MR) is 87.7 cm³/mol. The molecule has 0 aliphatic carbocycles. The van der Waals surface area contributed by atoms with Crippen LogP contribution in [0.25, 0.3) is 16.8 Å². The highest BCUT2D eigenvalue weighted by Crippen LogP contribution is 2.22. The van der Waals surface area contributed by atoms with Crippen molar-refractivity contribution < 1.29 is 0 Å². The maximum absolute atomic E-state index is 4.21. The Balaban J connectivity index is 1.74. The number of hydrogen-bond donors (Lipinski definition) is 2. The molecule has 1 aromatic heterocycles. The third kappa shape index (κ3) is 3.50. The van der Waals surface area contributed by atoms with Gasteiger partial charge in [-0.25, -0.2) is 0 Å². The number of pyridine rings is 1. The summed E-state index contributed by atoms with van der Waals surface area (Å²) in [6.45, 7) is 6.37. The van der Waals surface area contributed by atoms with Crippen LogP contribution in [0.1, 0.15) is 18.4 Å². The first-order valence-electron chi connectivity index (χ1n) is 7.50. The van der Waals surface area contributed by atoms with E-state index in [4.69, 9.17) is 0 Å². The van der Waals surface area contributed by atoms with Gasteiger partial charge in [0.2, 0.25) is 0 Å². The van der Waals surface area contributed by atoms with Gasteiger partial charge in [0.25, 0.3) is 0 Å². The Kier molecular flexibility index (Phi) is 4.31. The van der Waals surface area contributed by atoms with Gasteiger partial charge in [0.1, 0.15) is 0 Å². The fourth-order valence-electron chi connectivity index (χ4n) is 2.72. The molecular weight excluding hydrogens is 258 g/mol. The summed E-state index contributed by atoms with van der Waals surface area (Å²) >= 11 is 0. The van der Waals surface area contributed by atoms with Crippen LogP contribution in [0.15, 0.2) is 55.4 Å². The average molecular weight is 279 g/mol. The van der Waals surface area contributed by atoms with Gasteiger partial charge in [-0.05, 0) is 49.2 Å². The lowest BCUT2D eigenvalue weighted by Crippen LogP contribution is -2.38. The molecule has 0 amide bonds. The second-order valence-corrected chi connectivity index (χ2v) is 5.47. The molecule has 0 atom stereocenters. The van der Waals surface area contributed by atoms with Gasteiger partial charge in [0.05, 0.1) is 0 Å². The Morgan fingerprint density at radius 1 is 1.14 bits per heavy atom. The van der Waals surface area contributed by atoms with Crippen LogP contribution in [-0.4, -0.2) is 24.1 Å². The van der Waals surface area contributed by atoms with Crippen LogP contribution in [-0.2, 0) is 0 Å². The summed E-state index contributed by atoms with van der Waals surface area (Å²) in [6.07, 6.45) is 6.00. The average Bonchev–Trinajstić information content (AvgIpc) is 2.57. The molecule has 1 saturated heterocycles. The first-order valence-corrected chi connectivity index (χ1v) is 7.50. The maximum atomic E-state index is 4.21. The normalized spacial score (nSPS) is 15.6. The van der Waals surface area contributed by atoms with Crippen molar-refractivity contribution in [3.05, 3.63) is 60.9 Å². The number of nitrogens with one attached hydrogen (secondary N) is 2. The molecule has 3 rings (SSSR count). The van der Waals surface area contributed by atoms with Crippen molar-refractivity contribution in [2.24, 2.45) is 0 Å². The molecule has 21 heavy (non-hydrogen) atoms. The van der Waals surface area contributed by atoms with Crippen molar-refractivity contribution in [3.8, 4) is 11.1 Å². The van der Waals surface area contributed by atoms with Crippen LogP contribution in [0.3, 0.4) is 0 Å². The lowest BCUT2D eigenvalue weighted by atomic mass is 10.0. The summed E-state index contributed by atoms with van der Waals surface area (Å²) in [6, 6.07) is 13.0. The Morgan fingerprint density at radius 2 is 1.95 bits per heavy atom. The molecule has 1 aromatic carbocycles. The molecule has 3 nitrogen and oxygen atoms in total. The monoisotopic (exact) mass is 279 g/mol. The van der Waals surface area contributed by atoms with Crippen molar-refractivity contribution >= 4 is 5.70 Å². The third-order valence-corrected chi connectivity index (χ3v) is 3.92. The third-order valence-electron chi connectivity index (χ3n) is 3.92. The summed E-state index contributed by atoms with van der Waals surface area (Å²) in [5, 5.41) is 6.95. The van der Waals surface area contributed by atoms with E-state index in [-0.39, 0.29) is 0 Å². The zero-order valence-corrected chi connectivity index (χ0v) is 12.2. The van der Waals surface area contributed by atoms with Crippen molar-refractivity contribution in [2.45, 2.75) is 18.9 Å². The van der Waals surface area contributed by atoms with Gasteiger partial charge < -0.3 is 10.6 Å². The van der Waals surface area contributed by atoms with Gasteiger partial charge in [-0.15, -0.1) is 0 Å². The van der Waals surface area contributed by atoms with Gasteiger partial charge in [-0.3, -0.25) is 4.98 Å². The van der Waals surface area contributed by atoms with E-state index in [0.29, 0.717) is 6.04 Å². The summed E-state index contributed by atoms with van der Waals surface area (Å²) in [5.74, 6) is 0. The number of piperidine rings is 1. The van der Waals surface area contributed by atoms with E-state index in [9.17, 15) is 0 Å². The van der Waals surface area contributed by atoms with Crippen LogP contribution < -0.4 is 10.6 Å². The van der Waals surface area contributed by atoms with E-state index in [2.05, 4.69) is 52.5 Å². The molecule has 0 radical (unpaired) electrons. The van der Waals surface area contributed by atoms with E-state index < -0.39 is 0 Å². The SMILES string of the molecule is C=C(NC1CCNCC1)c1cccc(-c2cccnc2)c1. The van der Waals surface area contributed by atoms with Crippen molar-refractivity contribution in [1.29, 1.82) is 0 Å². The standard InChI is InChI=1S/C18H21N3/c1-14(21-18-7-10-19-11-8-18)15-4-2-5-16(12-15)17-6-3-9-20-13-17/h2-6,9,12-13,18-19,21H,1,7-8,10-11H2. The number of aromatic nitrogens is 1. The fraction of sp³-hybridized carbons (Fsp3) is 0.278. The zero-order chi connectivity index (χ0) is 14.5. The molecular formula is C18H21N3. The molecule has 3 heteroatoms. The second-order valence-electron chi connectivity index (χ2n) is 5.47. The van der Waals surface area contributed by atoms with Gasteiger partial charge in [0, 0.05) is 29.7 Å². The van der Waals surface area contributed by atoms with Gasteiger partial charge in [-0.1, -0.05) is 30.8 Å². The van der Waals surface area contributed by atoms with Crippen molar-refractivity contribution in [2.75, 3.05) is 13.1 Å². The van der Waals surface area contributed by atoms with Gasteiger partial charge >= 0.3 is 0 Å². The van der Waals surface area contributed by atoms with E-state index in [1.54, 1.807) is 6.20 Å². The molecule has 2 N–H and O–H groups in total. The minimum Gasteiger partial charge on any atom is -0.382 e. The largest absolute Gasteiger partial charge is 0.382 e. The highest BCUT2D eigenvalue weighted by molar-refractivity contribution is 5.70. The number of hydrogen-bond acceptors (Lipinski definition) is 3. The fourth-order valence-corrected chi connectivity index (χ4v) is 2.72. The van der Waals surface area contributed by atoms with Crippen LogP contribution in [0.4, 0.5) is 0 Å². The van der Waals surface area contributed by atoms with E-state index in [1.165, 1.54) is 5.56 Å². The molecule has 1 aliphatic heterocycles. The highest BCUT2D eigenvalue weighted by Gasteiger charge is 2.13. The second kappa shape index (κ2) is 6.55. The molecule has 108 valence electrons. The Bertz CT molecular complexity index is 601. The number of benzene rings is 1. The van der Waals surface area contributed by atoms with Crippen LogP contribution in [0.2, 0.25) is 0 Å². The quantitative estimate of drug-likeness (QED) is 0.903. The Morgan fingerprint density at radius 3 is 2.71 bits per heavy atom. The minimum atomic E-state index is 0.529. The molecule has 0 unspecified atom stereocenters. The van der Waals surface area contributed by atoms with Gasteiger partial charge in [-0.2, -0.15) is 0 Å². The predicted octanol–water partition coefficient (Wildman–Crippen LogP) is 3.06. The summed E-state index contributed by atoms with van der Waals surface area (Å²) in [7, 11) is 0. The Hall–Kier alpha value is -2.13. The van der Waals surface area contributed by atoms with E-state index in [0.717, 1.165) is 42.8 Å². The lowest BCUT2D eigenvalue weighted by molar-refractivity contribution is 0.425. The first-order chi connectivity index (χ1) is 10.3. The summed E-state index contributed by atoms with van der Waals surface area (Å²) < 4.78 is 0. The van der Waals surface area contributed by atoms with E-state index in [1.807, 2.05) is 12.3 Å². The maximum Gasteiger partial charge on any atom is 0.0346 e.